The number of hydrogen-bond acceptors (Lipinski definition) is 1. The predicted molar refractivity (Wildman–Crippen MR) is 77.3 cm³/mol. The van der Waals surface area contributed by atoms with Gasteiger partial charge in [-0.25, -0.2) is 0 Å². The van der Waals surface area contributed by atoms with Gasteiger partial charge in [-0.05, 0) is 42.4 Å². The van der Waals surface area contributed by atoms with Gasteiger partial charge in [-0.3, -0.25) is 0 Å². The van der Waals surface area contributed by atoms with Gasteiger partial charge in [-0.2, -0.15) is 0 Å². The molecule has 1 aromatic heterocycles. The van der Waals surface area contributed by atoms with Gasteiger partial charge in [0.1, 0.15) is 0 Å². The standard InChI is InChI=1S/C17H21NO/c1-2-13-6-8-14(9-7-13)10-18-11-15-4-3-5-17(19)16(15)12-18/h6-9,11-12,17,19H,2-5,10H2,1H3. The van der Waals surface area contributed by atoms with E-state index in [0.29, 0.717) is 0 Å². The van der Waals surface area contributed by atoms with Crippen molar-refractivity contribution in [3.05, 3.63) is 58.9 Å². The highest BCUT2D eigenvalue weighted by Gasteiger charge is 2.19. The summed E-state index contributed by atoms with van der Waals surface area (Å²) in [6.07, 6.45) is 8.26. The van der Waals surface area contributed by atoms with Gasteiger partial charge < -0.3 is 9.67 Å². The molecule has 0 radical (unpaired) electrons. The number of aliphatic hydroxyl groups excluding tert-OH is 1. The van der Waals surface area contributed by atoms with E-state index in [2.05, 4.69) is 48.1 Å². The number of fused-ring (bicyclic) bond motifs is 1. The van der Waals surface area contributed by atoms with Crippen LogP contribution in [0.15, 0.2) is 36.7 Å². The lowest BCUT2D eigenvalue weighted by atomic mass is 9.93. The molecule has 0 bridgehead atoms. The maximum atomic E-state index is 10.00. The van der Waals surface area contributed by atoms with Crippen molar-refractivity contribution < 1.29 is 5.11 Å². The molecule has 0 spiro atoms. The largest absolute Gasteiger partial charge is 0.388 e. The summed E-state index contributed by atoms with van der Waals surface area (Å²) in [7, 11) is 0. The molecular formula is C17H21NO. The number of hydrogen-bond donors (Lipinski definition) is 1. The monoisotopic (exact) mass is 255 g/mol. The molecule has 2 aromatic rings. The summed E-state index contributed by atoms with van der Waals surface area (Å²) in [6, 6.07) is 8.81. The predicted octanol–water partition coefficient (Wildman–Crippen LogP) is 3.47. The minimum Gasteiger partial charge on any atom is -0.388 e. The van der Waals surface area contributed by atoms with Crippen LogP contribution in [-0.2, 0) is 19.4 Å². The number of aryl methyl sites for hydroxylation is 2. The minimum absolute atomic E-state index is 0.257. The first kappa shape index (κ1) is 12.5. The Morgan fingerprint density at radius 2 is 1.89 bits per heavy atom. The number of rotatable bonds is 3. The number of nitrogens with zero attached hydrogens (tertiary/aromatic N) is 1. The Hall–Kier alpha value is -1.54. The van der Waals surface area contributed by atoms with Crippen LogP contribution in [-0.4, -0.2) is 9.67 Å². The molecule has 0 aliphatic heterocycles. The summed E-state index contributed by atoms with van der Waals surface area (Å²) < 4.78 is 2.21. The Morgan fingerprint density at radius 3 is 2.58 bits per heavy atom. The zero-order valence-electron chi connectivity index (χ0n) is 11.5. The quantitative estimate of drug-likeness (QED) is 0.892. The molecule has 100 valence electrons. The summed E-state index contributed by atoms with van der Waals surface area (Å²) >= 11 is 0. The van der Waals surface area contributed by atoms with E-state index in [9.17, 15) is 5.11 Å². The first-order valence-corrected chi connectivity index (χ1v) is 7.20. The van der Waals surface area contributed by atoms with Crippen LogP contribution in [0.2, 0.25) is 0 Å². The molecule has 1 aliphatic rings. The van der Waals surface area contributed by atoms with Gasteiger partial charge in [0.25, 0.3) is 0 Å². The summed E-state index contributed by atoms with van der Waals surface area (Å²) in [5, 5.41) is 10.00. The van der Waals surface area contributed by atoms with Crippen molar-refractivity contribution in [1.82, 2.24) is 4.57 Å². The van der Waals surface area contributed by atoms with E-state index in [-0.39, 0.29) is 6.10 Å². The van der Waals surface area contributed by atoms with Crippen molar-refractivity contribution in [3.63, 3.8) is 0 Å². The van der Waals surface area contributed by atoms with Crippen LogP contribution in [0.4, 0.5) is 0 Å². The third-order valence-electron chi connectivity index (χ3n) is 4.08. The third-order valence-corrected chi connectivity index (χ3v) is 4.08. The zero-order valence-corrected chi connectivity index (χ0v) is 11.5. The number of benzene rings is 1. The average Bonchev–Trinajstić information content (AvgIpc) is 2.84. The summed E-state index contributed by atoms with van der Waals surface area (Å²) in [6.45, 7) is 3.07. The first-order valence-electron chi connectivity index (χ1n) is 7.20. The van der Waals surface area contributed by atoms with Gasteiger partial charge in [0, 0.05) is 24.5 Å². The molecule has 0 amide bonds. The fourth-order valence-corrected chi connectivity index (χ4v) is 2.91. The second-order valence-electron chi connectivity index (χ2n) is 5.49. The molecule has 19 heavy (non-hydrogen) atoms. The van der Waals surface area contributed by atoms with Crippen LogP contribution in [0, 0.1) is 0 Å². The van der Waals surface area contributed by atoms with Crippen LogP contribution < -0.4 is 0 Å². The molecule has 1 aromatic carbocycles. The molecule has 1 N–H and O–H groups in total. The maximum Gasteiger partial charge on any atom is 0.0807 e. The van der Waals surface area contributed by atoms with Gasteiger partial charge in [0.2, 0.25) is 0 Å². The topological polar surface area (TPSA) is 25.2 Å². The zero-order chi connectivity index (χ0) is 13.2. The Labute approximate surface area is 114 Å². The molecule has 2 nitrogen and oxygen atoms in total. The lowest BCUT2D eigenvalue weighted by Gasteiger charge is -2.16. The molecule has 0 saturated carbocycles. The molecule has 1 unspecified atom stereocenters. The lowest BCUT2D eigenvalue weighted by Crippen LogP contribution is -2.05. The van der Waals surface area contributed by atoms with Gasteiger partial charge in [-0.1, -0.05) is 31.2 Å². The first-order chi connectivity index (χ1) is 9.26. The van der Waals surface area contributed by atoms with Crippen LogP contribution in [0.25, 0.3) is 0 Å². The molecular weight excluding hydrogens is 234 g/mol. The van der Waals surface area contributed by atoms with Gasteiger partial charge in [0.15, 0.2) is 0 Å². The molecule has 1 heterocycles. The smallest absolute Gasteiger partial charge is 0.0807 e. The van der Waals surface area contributed by atoms with Crippen LogP contribution in [0.3, 0.4) is 0 Å². The highest BCUT2D eigenvalue weighted by atomic mass is 16.3. The Bertz CT molecular complexity index is 553. The third kappa shape index (κ3) is 2.59. The van der Waals surface area contributed by atoms with E-state index in [1.165, 1.54) is 16.7 Å². The Balaban J connectivity index is 1.79. The SMILES string of the molecule is CCc1ccc(Cn2cc3c(c2)C(O)CCC3)cc1. The molecule has 1 atom stereocenters. The van der Waals surface area contributed by atoms with Crippen LogP contribution in [0.5, 0.6) is 0 Å². The summed E-state index contributed by atoms with van der Waals surface area (Å²) in [5.74, 6) is 0. The van der Waals surface area contributed by atoms with Gasteiger partial charge in [-0.15, -0.1) is 0 Å². The molecule has 0 saturated heterocycles. The second-order valence-corrected chi connectivity index (χ2v) is 5.49. The van der Waals surface area contributed by atoms with Crippen molar-refractivity contribution >= 4 is 0 Å². The van der Waals surface area contributed by atoms with E-state index in [1.807, 2.05) is 0 Å². The number of aromatic nitrogens is 1. The van der Waals surface area contributed by atoms with E-state index < -0.39 is 0 Å². The summed E-state index contributed by atoms with van der Waals surface area (Å²) in [5.41, 5.74) is 5.16. The normalized spacial score (nSPS) is 18.3. The van der Waals surface area contributed by atoms with Crippen molar-refractivity contribution in [2.24, 2.45) is 0 Å². The van der Waals surface area contributed by atoms with Gasteiger partial charge in [0.05, 0.1) is 6.10 Å². The highest BCUT2D eigenvalue weighted by molar-refractivity contribution is 5.30. The van der Waals surface area contributed by atoms with Crippen LogP contribution >= 0.6 is 0 Å². The average molecular weight is 255 g/mol. The van der Waals surface area contributed by atoms with E-state index in [1.54, 1.807) is 0 Å². The van der Waals surface area contributed by atoms with Crippen molar-refractivity contribution in [1.29, 1.82) is 0 Å². The van der Waals surface area contributed by atoms with E-state index >= 15 is 0 Å². The van der Waals surface area contributed by atoms with Crippen LogP contribution in [0.1, 0.15) is 48.1 Å². The maximum absolute atomic E-state index is 10.00. The van der Waals surface area contributed by atoms with Crippen molar-refractivity contribution in [3.8, 4) is 0 Å². The molecule has 0 fully saturated rings. The molecule has 2 heteroatoms. The fraction of sp³-hybridized carbons (Fsp3) is 0.412. The molecule has 1 aliphatic carbocycles. The van der Waals surface area contributed by atoms with E-state index in [4.69, 9.17) is 0 Å². The van der Waals surface area contributed by atoms with Gasteiger partial charge >= 0.3 is 0 Å². The lowest BCUT2D eigenvalue weighted by molar-refractivity contribution is 0.157. The fourth-order valence-electron chi connectivity index (χ4n) is 2.91. The van der Waals surface area contributed by atoms with Crippen molar-refractivity contribution in [2.75, 3.05) is 0 Å². The Morgan fingerprint density at radius 1 is 1.16 bits per heavy atom. The highest BCUT2D eigenvalue weighted by Crippen LogP contribution is 2.30. The number of aliphatic hydroxyl groups is 1. The Kier molecular flexibility index (Phi) is 3.43. The van der Waals surface area contributed by atoms with E-state index in [0.717, 1.165) is 37.8 Å². The molecule has 3 rings (SSSR count). The minimum atomic E-state index is -0.257. The second kappa shape index (κ2) is 5.22. The van der Waals surface area contributed by atoms with Crippen molar-refractivity contribution in [2.45, 2.75) is 45.3 Å². The summed E-state index contributed by atoms with van der Waals surface area (Å²) in [4.78, 5) is 0.